The Bertz CT molecular complexity index is 511. The van der Waals surface area contributed by atoms with Gasteiger partial charge in [-0.05, 0) is 114 Å². The van der Waals surface area contributed by atoms with Gasteiger partial charge in [0.2, 0.25) is 0 Å². The lowest BCUT2D eigenvalue weighted by molar-refractivity contribution is 0.0675. The van der Waals surface area contributed by atoms with Gasteiger partial charge in [0.15, 0.2) is 0 Å². The maximum atomic E-state index is 2.73. The molecule has 5 fully saturated rings. The van der Waals surface area contributed by atoms with Gasteiger partial charge in [-0.25, -0.2) is 0 Å². The topological polar surface area (TPSA) is 9.72 Å². The minimum Gasteiger partial charge on any atom is -0.304 e. The molecule has 3 nitrogen and oxygen atoms in total. The van der Waals surface area contributed by atoms with Crippen LogP contribution < -0.4 is 0 Å². The van der Waals surface area contributed by atoms with Gasteiger partial charge in [0.05, 0.1) is 0 Å². The van der Waals surface area contributed by atoms with E-state index in [4.69, 9.17) is 0 Å². The van der Waals surface area contributed by atoms with Crippen LogP contribution in [0, 0.1) is 17.3 Å². The van der Waals surface area contributed by atoms with E-state index in [1.165, 1.54) is 103 Å². The lowest BCUT2D eigenvalue weighted by Gasteiger charge is -2.42. The molecular formula is C31H63N3. The molecule has 0 aromatic rings. The maximum absolute atomic E-state index is 2.73. The summed E-state index contributed by atoms with van der Waals surface area (Å²) in [6, 6.07) is 3.75. The number of rotatable bonds is 4. The van der Waals surface area contributed by atoms with E-state index in [2.05, 4.69) is 63.2 Å². The van der Waals surface area contributed by atoms with Gasteiger partial charge in [0, 0.05) is 24.2 Å². The molecule has 0 saturated carbocycles. The molecule has 0 N–H and O–H groups in total. The van der Waals surface area contributed by atoms with Crippen molar-refractivity contribution < 1.29 is 0 Å². The molecule has 4 atom stereocenters. The standard InChI is InChI=1S/C11H21N.C10H19N.C9H19N.CH4/c1-4-12-9-5-6-10(12)8-11(2,3)7-9;1-3-11-9-4-5-10(11)7-8(2)6-9;1-3-9-5-7-10(4-2)8-6-9;/h9-10H,4-8H2,1-3H3;8-10H,3-7H2,1-2H3;9H,3-8H2,1-2H3;1H4. The second kappa shape index (κ2) is 14.0. The zero-order chi connectivity index (χ0) is 24.0. The Morgan fingerprint density at radius 3 is 1.50 bits per heavy atom. The van der Waals surface area contributed by atoms with Crippen LogP contribution in [0.4, 0.5) is 0 Å². The summed E-state index contributed by atoms with van der Waals surface area (Å²) in [7, 11) is 0. The smallest absolute Gasteiger partial charge is 0.0104 e. The predicted octanol–water partition coefficient (Wildman–Crippen LogP) is 7.69. The Kier molecular flexibility index (Phi) is 12.4. The molecule has 5 saturated heterocycles. The maximum Gasteiger partial charge on any atom is 0.0104 e. The van der Waals surface area contributed by atoms with Crippen molar-refractivity contribution in [3.8, 4) is 0 Å². The molecule has 202 valence electrons. The Hall–Kier alpha value is -0.120. The van der Waals surface area contributed by atoms with Gasteiger partial charge < -0.3 is 4.90 Å². The van der Waals surface area contributed by atoms with Crippen molar-refractivity contribution in [2.75, 3.05) is 32.7 Å². The third-order valence-corrected chi connectivity index (χ3v) is 9.93. The Morgan fingerprint density at radius 2 is 1.09 bits per heavy atom. The van der Waals surface area contributed by atoms with E-state index in [0.29, 0.717) is 5.41 Å². The summed E-state index contributed by atoms with van der Waals surface area (Å²) in [6.07, 6.45) is 15.9. The second-order valence-electron chi connectivity index (χ2n) is 12.9. The quantitative estimate of drug-likeness (QED) is 0.411. The first-order valence-corrected chi connectivity index (χ1v) is 15.0. The Balaban J connectivity index is 0.000000178. The molecule has 0 aromatic carbocycles. The van der Waals surface area contributed by atoms with E-state index in [9.17, 15) is 0 Å². The van der Waals surface area contributed by atoms with Crippen molar-refractivity contribution in [1.29, 1.82) is 0 Å². The molecule has 0 radical (unpaired) electrons. The van der Waals surface area contributed by atoms with Crippen LogP contribution in [-0.4, -0.2) is 71.6 Å². The first kappa shape index (κ1) is 30.1. The van der Waals surface area contributed by atoms with E-state index in [-0.39, 0.29) is 7.43 Å². The van der Waals surface area contributed by atoms with E-state index in [1.807, 2.05) is 0 Å². The van der Waals surface area contributed by atoms with Crippen LogP contribution in [0.15, 0.2) is 0 Å². The summed E-state index contributed by atoms with van der Waals surface area (Å²) >= 11 is 0. The van der Waals surface area contributed by atoms with Crippen molar-refractivity contribution in [1.82, 2.24) is 14.7 Å². The number of hydrogen-bond donors (Lipinski definition) is 0. The molecule has 5 heterocycles. The van der Waals surface area contributed by atoms with Gasteiger partial charge in [0.1, 0.15) is 0 Å². The van der Waals surface area contributed by atoms with E-state index < -0.39 is 0 Å². The minimum absolute atomic E-state index is 0. The summed E-state index contributed by atoms with van der Waals surface area (Å²) in [5, 5.41) is 0. The fourth-order valence-electron chi connectivity index (χ4n) is 8.10. The lowest BCUT2D eigenvalue weighted by atomic mass is 9.78. The zero-order valence-electron chi connectivity index (χ0n) is 23.6. The fourth-order valence-corrected chi connectivity index (χ4v) is 8.10. The van der Waals surface area contributed by atoms with Gasteiger partial charge in [-0.15, -0.1) is 0 Å². The molecule has 3 heteroatoms. The van der Waals surface area contributed by atoms with Gasteiger partial charge in [-0.3, -0.25) is 9.80 Å². The predicted molar refractivity (Wildman–Crippen MR) is 152 cm³/mol. The number of fused-ring (bicyclic) bond motifs is 4. The lowest BCUT2D eigenvalue weighted by Crippen LogP contribution is -2.45. The molecular weight excluding hydrogens is 414 g/mol. The Morgan fingerprint density at radius 1 is 0.647 bits per heavy atom. The van der Waals surface area contributed by atoms with Gasteiger partial charge in [0.25, 0.3) is 0 Å². The highest BCUT2D eigenvalue weighted by Gasteiger charge is 2.43. The molecule has 5 aliphatic heterocycles. The van der Waals surface area contributed by atoms with Gasteiger partial charge in [-0.2, -0.15) is 0 Å². The molecule has 4 bridgehead atoms. The SMILES string of the molecule is C.CCC1CCN(CC)CC1.CCN1C2CCC1CC(C)(C)C2.CCN1C2CCC1CC(C)C2. The average molecular weight is 478 g/mol. The molecule has 0 aliphatic carbocycles. The highest BCUT2D eigenvalue weighted by molar-refractivity contribution is 4.97. The van der Waals surface area contributed by atoms with Crippen LogP contribution >= 0.6 is 0 Å². The molecule has 5 aliphatic rings. The number of likely N-dealkylation sites (tertiary alicyclic amines) is 1. The first-order chi connectivity index (χ1) is 15.8. The second-order valence-corrected chi connectivity index (χ2v) is 12.9. The van der Waals surface area contributed by atoms with Crippen molar-refractivity contribution in [2.45, 2.75) is 151 Å². The van der Waals surface area contributed by atoms with Crippen molar-refractivity contribution in [2.24, 2.45) is 17.3 Å². The Labute approximate surface area is 215 Å². The third kappa shape index (κ3) is 7.94. The van der Waals surface area contributed by atoms with Gasteiger partial charge in [-0.1, -0.05) is 62.3 Å². The monoisotopic (exact) mass is 478 g/mol. The van der Waals surface area contributed by atoms with Crippen LogP contribution in [0.2, 0.25) is 0 Å². The van der Waals surface area contributed by atoms with Crippen LogP contribution in [-0.2, 0) is 0 Å². The molecule has 0 aromatic heterocycles. The van der Waals surface area contributed by atoms with Crippen LogP contribution in [0.25, 0.3) is 0 Å². The highest BCUT2D eigenvalue weighted by Crippen LogP contribution is 2.44. The van der Waals surface area contributed by atoms with E-state index in [0.717, 1.165) is 36.0 Å². The average Bonchev–Trinajstić information content (AvgIpc) is 3.23. The summed E-state index contributed by atoms with van der Waals surface area (Å²) in [5.41, 5.74) is 0.623. The fraction of sp³-hybridized carbons (Fsp3) is 1.00. The summed E-state index contributed by atoms with van der Waals surface area (Å²) < 4.78 is 0. The normalized spacial score (nSPS) is 35.6. The van der Waals surface area contributed by atoms with Crippen LogP contribution in [0.5, 0.6) is 0 Å². The third-order valence-electron chi connectivity index (χ3n) is 9.93. The largest absolute Gasteiger partial charge is 0.304 e. The number of piperidine rings is 3. The van der Waals surface area contributed by atoms with Crippen molar-refractivity contribution >= 4 is 0 Å². The molecule has 5 rings (SSSR count). The van der Waals surface area contributed by atoms with Crippen LogP contribution in [0.1, 0.15) is 127 Å². The zero-order valence-corrected chi connectivity index (χ0v) is 23.6. The van der Waals surface area contributed by atoms with Crippen molar-refractivity contribution in [3.63, 3.8) is 0 Å². The molecule has 34 heavy (non-hydrogen) atoms. The minimum atomic E-state index is 0. The first-order valence-electron chi connectivity index (χ1n) is 15.0. The van der Waals surface area contributed by atoms with E-state index >= 15 is 0 Å². The summed E-state index contributed by atoms with van der Waals surface area (Å²) in [4.78, 5) is 8.00. The summed E-state index contributed by atoms with van der Waals surface area (Å²) in [5.74, 6) is 2.03. The number of hydrogen-bond acceptors (Lipinski definition) is 3. The molecule has 0 amide bonds. The van der Waals surface area contributed by atoms with Crippen LogP contribution in [0.3, 0.4) is 0 Å². The molecule has 4 unspecified atom stereocenters. The van der Waals surface area contributed by atoms with Crippen molar-refractivity contribution in [3.05, 3.63) is 0 Å². The highest BCUT2D eigenvalue weighted by atomic mass is 15.2. The molecule has 0 spiro atoms. The van der Waals surface area contributed by atoms with Gasteiger partial charge >= 0.3 is 0 Å². The summed E-state index contributed by atoms with van der Waals surface area (Å²) in [6.45, 7) is 23.0. The number of nitrogens with zero attached hydrogens (tertiary/aromatic N) is 3. The van der Waals surface area contributed by atoms with E-state index in [1.54, 1.807) is 0 Å².